The van der Waals surface area contributed by atoms with Gasteiger partial charge in [-0.2, -0.15) is 0 Å². The van der Waals surface area contributed by atoms with Gasteiger partial charge in [-0.25, -0.2) is 4.39 Å². The number of hydrogen-bond acceptors (Lipinski definition) is 3. The number of nitrogens with one attached hydrogen (secondary N) is 1. The largest absolute Gasteiger partial charge is 0.366 e. The minimum absolute atomic E-state index is 0.245. The van der Waals surface area contributed by atoms with Gasteiger partial charge in [0.05, 0.1) is 18.1 Å². The van der Waals surface area contributed by atoms with Gasteiger partial charge in [-0.3, -0.25) is 4.98 Å². The van der Waals surface area contributed by atoms with Crippen LogP contribution in [0.2, 0.25) is 0 Å². The molecule has 0 radical (unpaired) electrons. The summed E-state index contributed by atoms with van der Waals surface area (Å²) in [5.41, 5.74) is 0.929. The molecule has 2 atom stereocenters. The first kappa shape index (κ1) is 10.0. The first-order valence-electron chi connectivity index (χ1n) is 5.92. The van der Waals surface area contributed by atoms with Crippen molar-refractivity contribution >= 4 is 5.69 Å². The highest BCUT2D eigenvalue weighted by Gasteiger charge is 2.35. The van der Waals surface area contributed by atoms with Gasteiger partial charge in [-0.15, -0.1) is 0 Å². The molecular weight excluding hydrogens is 205 g/mol. The minimum Gasteiger partial charge on any atom is -0.366 e. The van der Waals surface area contributed by atoms with Crippen LogP contribution in [-0.4, -0.2) is 30.7 Å². The van der Waals surface area contributed by atoms with Gasteiger partial charge < -0.3 is 10.2 Å². The lowest BCUT2D eigenvalue weighted by molar-refractivity contribution is 0.384. The Kier molecular flexibility index (Phi) is 2.52. The van der Waals surface area contributed by atoms with Crippen molar-refractivity contribution in [2.75, 3.05) is 24.5 Å². The molecule has 2 fully saturated rings. The quantitative estimate of drug-likeness (QED) is 0.777. The van der Waals surface area contributed by atoms with Crippen molar-refractivity contribution < 1.29 is 4.39 Å². The van der Waals surface area contributed by atoms with Gasteiger partial charge in [0.25, 0.3) is 0 Å². The second-order valence-electron chi connectivity index (χ2n) is 4.68. The monoisotopic (exact) mass is 221 g/mol. The molecule has 0 amide bonds. The smallest absolute Gasteiger partial charge is 0.143 e. The number of pyridine rings is 1. The molecule has 1 aromatic heterocycles. The van der Waals surface area contributed by atoms with E-state index in [0.717, 1.165) is 31.2 Å². The summed E-state index contributed by atoms with van der Waals surface area (Å²) in [5, 5.41) is 3.42. The zero-order chi connectivity index (χ0) is 11.0. The van der Waals surface area contributed by atoms with Crippen molar-refractivity contribution in [1.82, 2.24) is 10.3 Å². The highest BCUT2D eigenvalue weighted by Crippen LogP contribution is 2.30. The van der Waals surface area contributed by atoms with E-state index in [4.69, 9.17) is 0 Å². The van der Waals surface area contributed by atoms with Gasteiger partial charge in [0.1, 0.15) is 5.82 Å². The molecule has 86 valence electrons. The molecule has 2 aliphatic heterocycles. The topological polar surface area (TPSA) is 28.2 Å². The van der Waals surface area contributed by atoms with E-state index >= 15 is 0 Å². The summed E-state index contributed by atoms with van der Waals surface area (Å²) in [6.07, 6.45) is 5.51. The summed E-state index contributed by atoms with van der Waals surface area (Å²) in [6, 6.07) is 2.12. The minimum atomic E-state index is -0.245. The molecule has 3 heterocycles. The maximum Gasteiger partial charge on any atom is 0.143 e. The van der Waals surface area contributed by atoms with Crippen molar-refractivity contribution in [3.05, 3.63) is 24.3 Å². The van der Waals surface area contributed by atoms with Crippen LogP contribution >= 0.6 is 0 Å². The Morgan fingerprint density at radius 3 is 3.19 bits per heavy atom. The Morgan fingerprint density at radius 2 is 2.31 bits per heavy atom. The first-order chi connectivity index (χ1) is 7.84. The molecule has 0 unspecified atom stereocenters. The molecule has 1 N–H and O–H groups in total. The van der Waals surface area contributed by atoms with Crippen LogP contribution in [0.5, 0.6) is 0 Å². The van der Waals surface area contributed by atoms with E-state index in [0.29, 0.717) is 6.04 Å². The van der Waals surface area contributed by atoms with Crippen LogP contribution in [0.1, 0.15) is 12.8 Å². The molecule has 16 heavy (non-hydrogen) atoms. The summed E-state index contributed by atoms with van der Waals surface area (Å²) in [6.45, 7) is 3.14. The Labute approximate surface area is 94.7 Å². The molecule has 3 nitrogen and oxygen atoms in total. The molecule has 0 aromatic carbocycles. The lowest BCUT2D eigenvalue weighted by atomic mass is 9.92. The van der Waals surface area contributed by atoms with Gasteiger partial charge in [-0.1, -0.05) is 0 Å². The van der Waals surface area contributed by atoms with E-state index < -0.39 is 0 Å². The van der Waals surface area contributed by atoms with E-state index in [1.54, 1.807) is 12.3 Å². The Bertz CT molecular complexity index is 382. The summed E-state index contributed by atoms with van der Waals surface area (Å²) in [5.74, 6) is 0.475. The van der Waals surface area contributed by atoms with E-state index in [-0.39, 0.29) is 5.82 Å². The number of nitrogens with zero attached hydrogens (tertiary/aromatic N) is 2. The van der Waals surface area contributed by atoms with E-state index in [2.05, 4.69) is 15.2 Å². The van der Waals surface area contributed by atoms with Crippen LogP contribution in [0.4, 0.5) is 10.1 Å². The highest BCUT2D eigenvalue weighted by molar-refractivity contribution is 5.46. The number of piperidine rings is 1. The first-order valence-corrected chi connectivity index (χ1v) is 5.92. The molecule has 0 aliphatic carbocycles. The van der Waals surface area contributed by atoms with Crippen LogP contribution in [0.3, 0.4) is 0 Å². The fourth-order valence-electron chi connectivity index (χ4n) is 2.95. The Balaban J connectivity index is 1.88. The predicted molar refractivity (Wildman–Crippen MR) is 60.9 cm³/mol. The number of rotatable bonds is 1. The third kappa shape index (κ3) is 1.67. The summed E-state index contributed by atoms with van der Waals surface area (Å²) >= 11 is 0. The second kappa shape index (κ2) is 4.01. The van der Waals surface area contributed by atoms with Crippen LogP contribution in [0.15, 0.2) is 18.5 Å². The number of aromatic nitrogens is 1. The van der Waals surface area contributed by atoms with Crippen LogP contribution in [0, 0.1) is 11.7 Å². The van der Waals surface area contributed by atoms with Gasteiger partial charge >= 0.3 is 0 Å². The molecule has 2 aliphatic rings. The van der Waals surface area contributed by atoms with E-state index in [1.807, 2.05) is 0 Å². The van der Waals surface area contributed by atoms with Crippen LogP contribution in [-0.2, 0) is 0 Å². The third-order valence-corrected chi connectivity index (χ3v) is 3.70. The van der Waals surface area contributed by atoms with Crippen molar-refractivity contribution in [3.8, 4) is 0 Å². The van der Waals surface area contributed by atoms with Crippen molar-refractivity contribution in [1.29, 1.82) is 0 Å². The molecular formula is C12H16FN3. The molecule has 0 bridgehead atoms. The van der Waals surface area contributed by atoms with Crippen molar-refractivity contribution in [2.45, 2.75) is 18.9 Å². The van der Waals surface area contributed by atoms with Gasteiger partial charge in [0.2, 0.25) is 0 Å². The van der Waals surface area contributed by atoms with Crippen LogP contribution < -0.4 is 10.2 Å². The van der Waals surface area contributed by atoms with Gasteiger partial charge in [-0.05, 0) is 18.8 Å². The molecule has 2 saturated heterocycles. The van der Waals surface area contributed by atoms with Crippen LogP contribution in [0.25, 0.3) is 0 Å². The van der Waals surface area contributed by atoms with Crippen molar-refractivity contribution in [3.63, 3.8) is 0 Å². The zero-order valence-corrected chi connectivity index (χ0v) is 9.19. The number of hydrogen-bond donors (Lipinski definition) is 1. The average molecular weight is 221 g/mol. The molecule has 1 aromatic rings. The van der Waals surface area contributed by atoms with E-state index in [1.165, 1.54) is 19.0 Å². The van der Waals surface area contributed by atoms with Gasteiger partial charge in [0.15, 0.2) is 0 Å². The number of fused-ring (bicyclic) bond motifs is 1. The normalized spacial score (nSPS) is 29.2. The molecule has 4 heteroatoms. The third-order valence-electron chi connectivity index (χ3n) is 3.70. The van der Waals surface area contributed by atoms with E-state index in [9.17, 15) is 4.39 Å². The number of halogens is 1. The fourth-order valence-corrected chi connectivity index (χ4v) is 2.95. The van der Waals surface area contributed by atoms with Gasteiger partial charge in [0, 0.05) is 31.7 Å². The highest BCUT2D eigenvalue weighted by atomic mass is 19.1. The maximum atomic E-state index is 13.2. The fraction of sp³-hybridized carbons (Fsp3) is 0.583. The predicted octanol–water partition coefficient (Wildman–Crippen LogP) is 1.41. The lowest BCUT2D eigenvalue weighted by Crippen LogP contribution is -2.45. The molecule has 3 rings (SSSR count). The summed E-state index contributed by atoms with van der Waals surface area (Å²) in [4.78, 5) is 6.25. The lowest BCUT2D eigenvalue weighted by Gasteiger charge is -2.38. The molecule has 0 spiro atoms. The standard InChI is InChI=1S/C12H16FN3/c13-10-4-11(7-15-6-10)16-3-1-2-9-5-14-8-12(9)16/h4,6-7,9,12,14H,1-3,5,8H2/t9-,12+/m1/s1. The Hall–Kier alpha value is -1.16. The number of anilines is 1. The summed E-state index contributed by atoms with van der Waals surface area (Å²) in [7, 11) is 0. The summed E-state index contributed by atoms with van der Waals surface area (Å²) < 4.78 is 13.2. The maximum absolute atomic E-state index is 13.2. The molecule has 0 saturated carbocycles. The SMILES string of the molecule is Fc1cncc(N2CCC[C@@H]3CNC[C@@H]32)c1. The average Bonchev–Trinajstić information content (AvgIpc) is 2.76. The second-order valence-corrected chi connectivity index (χ2v) is 4.68. The van der Waals surface area contributed by atoms with Crippen molar-refractivity contribution in [2.24, 2.45) is 5.92 Å². The Morgan fingerprint density at radius 1 is 1.38 bits per heavy atom. The zero-order valence-electron chi connectivity index (χ0n) is 9.19.